The van der Waals surface area contributed by atoms with Crippen LogP contribution >= 0.6 is 0 Å². The summed E-state index contributed by atoms with van der Waals surface area (Å²) in [5.41, 5.74) is -0.646. The zero-order chi connectivity index (χ0) is 13.2. The molecule has 0 bridgehead atoms. The molecule has 2 atom stereocenters. The Morgan fingerprint density at radius 3 is 2.24 bits per heavy atom. The zero-order valence-corrected chi connectivity index (χ0v) is 10.3. The van der Waals surface area contributed by atoms with E-state index in [0.29, 0.717) is 0 Å². The molecule has 6 heteroatoms. The van der Waals surface area contributed by atoms with Gasteiger partial charge in [0.05, 0.1) is 6.04 Å². The summed E-state index contributed by atoms with van der Waals surface area (Å²) < 4.78 is 5.02. The van der Waals surface area contributed by atoms with Gasteiger partial charge in [0, 0.05) is 0 Å². The second kappa shape index (κ2) is 4.91. The number of carboxylic acids is 1. The summed E-state index contributed by atoms with van der Waals surface area (Å²) in [6.45, 7) is 5.14. The highest BCUT2D eigenvalue weighted by Gasteiger charge is 2.40. The van der Waals surface area contributed by atoms with Crippen molar-refractivity contribution in [2.24, 2.45) is 5.92 Å². The number of aliphatic hydroxyl groups is 1. The molecule has 0 radical (unpaired) electrons. The number of rotatable bonds is 4. The number of nitrogens with one attached hydrogen (secondary N) is 1. The van der Waals surface area contributed by atoms with E-state index in [0.717, 1.165) is 12.8 Å². The minimum atomic E-state index is -1.59. The monoisotopic (exact) mass is 245 g/mol. The molecule has 3 N–H and O–H groups in total. The highest BCUT2D eigenvalue weighted by atomic mass is 16.6. The minimum absolute atomic E-state index is 0.0219. The second-order valence-corrected chi connectivity index (χ2v) is 5.29. The lowest BCUT2D eigenvalue weighted by molar-refractivity contribution is -0.148. The number of aliphatic carboxylic acids is 1. The van der Waals surface area contributed by atoms with Crippen LogP contribution in [0.2, 0.25) is 0 Å². The summed E-state index contributed by atoms with van der Waals surface area (Å²) in [7, 11) is 0. The summed E-state index contributed by atoms with van der Waals surface area (Å²) in [4.78, 5) is 22.2. The van der Waals surface area contributed by atoms with Crippen LogP contribution in [-0.2, 0) is 9.53 Å². The number of amides is 1. The van der Waals surface area contributed by atoms with Crippen LogP contribution in [0.1, 0.15) is 33.6 Å². The van der Waals surface area contributed by atoms with Gasteiger partial charge in [-0.05, 0) is 39.5 Å². The maximum Gasteiger partial charge on any atom is 0.407 e. The molecule has 17 heavy (non-hydrogen) atoms. The van der Waals surface area contributed by atoms with Crippen molar-refractivity contribution in [2.45, 2.75) is 51.4 Å². The molecule has 0 heterocycles. The van der Waals surface area contributed by atoms with E-state index in [9.17, 15) is 14.7 Å². The molecule has 1 rings (SSSR count). The Bertz CT molecular complexity index is 305. The van der Waals surface area contributed by atoms with E-state index in [4.69, 9.17) is 9.84 Å². The topological polar surface area (TPSA) is 95.9 Å². The number of aliphatic hydroxyl groups excluding tert-OH is 1. The van der Waals surface area contributed by atoms with Crippen molar-refractivity contribution in [1.82, 2.24) is 5.32 Å². The summed E-state index contributed by atoms with van der Waals surface area (Å²) in [5.74, 6) is -1.31. The van der Waals surface area contributed by atoms with Gasteiger partial charge in [-0.15, -0.1) is 0 Å². The van der Waals surface area contributed by atoms with Crippen molar-refractivity contribution in [3.63, 3.8) is 0 Å². The van der Waals surface area contributed by atoms with Gasteiger partial charge < -0.3 is 20.3 Å². The zero-order valence-electron chi connectivity index (χ0n) is 10.3. The third kappa shape index (κ3) is 4.60. The number of hydrogen-bond acceptors (Lipinski definition) is 4. The van der Waals surface area contributed by atoms with E-state index >= 15 is 0 Å². The lowest BCUT2D eigenvalue weighted by atomic mass is 10.1. The fourth-order valence-corrected chi connectivity index (χ4v) is 1.51. The van der Waals surface area contributed by atoms with E-state index < -0.39 is 29.8 Å². The van der Waals surface area contributed by atoms with E-state index in [-0.39, 0.29) is 5.92 Å². The summed E-state index contributed by atoms with van der Waals surface area (Å²) >= 11 is 0. The van der Waals surface area contributed by atoms with Crippen LogP contribution in [0.5, 0.6) is 0 Å². The molecule has 6 nitrogen and oxygen atoms in total. The molecule has 0 unspecified atom stereocenters. The Hall–Kier alpha value is -1.30. The molecule has 1 amide bonds. The number of alkyl carbamates (subject to hydrolysis) is 1. The Balaban J connectivity index is 2.55. The number of carbonyl (C=O) groups is 2. The van der Waals surface area contributed by atoms with Gasteiger partial charge >= 0.3 is 12.1 Å². The first kappa shape index (κ1) is 13.8. The summed E-state index contributed by atoms with van der Waals surface area (Å²) in [6, 6.07) is -0.776. The van der Waals surface area contributed by atoms with Crippen molar-refractivity contribution in [2.75, 3.05) is 0 Å². The van der Waals surface area contributed by atoms with Gasteiger partial charge in [0.15, 0.2) is 6.10 Å². The van der Waals surface area contributed by atoms with Crippen molar-refractivity contribution >= 4 is 12.1 Å². The molecule has 0 aliphatic heterocycles. The Kier molecular flexibility index (Phi) is 3.98. The molecule has 1 fully saturated rings. The van der Waals surface area contributed by atoms with Crippen LogP contribution in [0.3, 0.4) is 0 Å². The molecule has 98 valence electrons. The molecular weight excluding hydrogens is 226 g/mol. The van der Waals surface area contributed by atoms with Crippen LogP contribution in [0.4, 0.5) is 4.79 Å². The number of hydrogen-bond donors (Lipinski definition) is 3. The van der Waals surface area contributed by atoms with Gasteiger partial charge in [0.2, 0.25) is 0 Å². The van der Waals surface area contributed by atoms with Gasteiger partial charge in [-0.3, -0.25) is 0 Å². The lowest BCUT2D eigenvalue weighted by Gasteiger charge is -2.24. The van der Waals surface area contributed by atoms with Crippen LogP contribution in [0, 0.1) is 5.92 Å². The van der Waals surface area contributed by atoms with Crippen LogP contribution in [-0.4, -0.2) is 40.0 Å². The average Bonchev–Trinajstić information content (AvgIpc) is 2.93. The van der Waals surface area contributed by atoms with Crippen LogP contribution in [0.15, 0.2) is 0 Å². The molecule has 0 aromatic carbocycles. The van der Waals surface area contributed by atoms with E-state index in [1.807, 2.05) is 0 Å². The molecule has 1 aliphatic carbocycles. The maximum absolute atomic E-state index is 11.5. The smallest absolute Gasteiger partial charge is 0.407 e. The number of carbonyl (C=O) groups excluding carboxylic acids is 1. The first-order valence-electron chi connectivity index (χ1n) is 5.61. The van der Waals surface area contributed by atoms with Crippen molar-refractivity contribution in [1.29, 1.82) is 0 Å². The van der Waals surface area contributed by atoms with Crippen LogP contribution < -0.4 is 5.32 Å². The Morgan fingerprint density at radius 2 is 1.88 bits per heavy atom. The van der Waals surface area contributed by atoms with Gasteiger partial charge in [-0.2, -0.15) is 0 Å². The van der Waals surface area contributed by atoms with E-state index in [1.165, 1.54) is 0 Å². The molecule has 0 aromatic rings. The first-order valence-corrected chi connectivity index (χ1v) is 5.61. The highest BCUT2D eigenvalue weighted by Crippen LogP contribution is 2.34. The molecule has 1 aliphatic rings. The number of ether oxygens (including phenoxy) is 1. The van der Waals surface area contributed by atoms with E-state index in [2.05, 4.69) is 5.32 Å². The fraction of sp³-hybridized carbons (Fsp3) is 0.818. The van der Waals surface area contributed by atoms with Gasteiger partial charge in [-0.1, -0.05) is 0 Å². The summed E-state index contributed by atoms with van der Waals surface area (Å²) in [6.07, 6.45) is -0.667. The molecule has 0 spiro atoms. The predicted octanol–water partition coefficient (Wildman–Crippen LogP) is 0.735. The largest absolute Gasteiger partial charge is 0.479 e. The lowest BCUT2D eigenvalue weighted by Crippen LogP contribution is -2.49. The molecular formula is C11H19NO5. The van der Waals surface area contributed by atoms with Crippen molar-refractivity contribution < 1.29 is 24.5 Å². The highest BCUT2D eigenvalue weighted by molar-refractivity contribution is 5.75. The fourth-order valence-electron chi connectivity index (χ4n) is 1.51. The third-order valence-corrected chi connectivity index (χ3v) is 2.41. The summed E-state index contributed by atoms with van der Waals surface area (Å²) in [5, 5.41) is 20.6. The second-order valence-electron chi connectivity index (χ2n) is 5.29. The van der Waals surface area contributed by atoms with E-state index in [1.54, 1.807) is 20.8 Å². The quantitative estimate of drug-likeness (QED) is 0.678. The molecule has 1 saturated carbocycles. The van der Waals surface area contributed by atoms with Crippen LogP contribution in [0.25, 0.3) is 0 Å². The SMILES string of the molecule is CC(C)(C)OC(=O)N[C@@H](C1CC1)[C@@H](O)C(=O)O. The Morgan fingerprint density at radius 1 is 1.35 bits per heavy atom. The van der Waals surface area contributed by atoms with Gasteiger partial charge in [0.25, 0.3) is 0 Å². The average molecular weight is 245 g/mol. The normalized spacial score (nSPS) is 19.3. The third-order valence-electron chi connectivity index (χ3n) is 2.41. The van der Waals surface area contributed by atoms with Gasteiger partial charge in [0.1, 0.15) is 5.60 Å². The molecule has 0 aromatic heterocycles. The standard InChI is InChI=1S/C11H19NO5/c1-11(2,3)17-10(16)12-7(6-4-5-6)8(13)9(14)15/h6-8,13H,4-5H2,1-3H3,(H,12,16)(H,14,15)/t7-,8+/m0/s1. The van der Waals surface area contributed by atoms with Gasteiger partial charge in [-0.25, -0.2) is 9.59 Å². The number of carboxylic acid groups (broad SMARTS) is 1. The van der Waals surface area contributed by atoms with Crippen molar-refractivity contribution in [3.8, 4) is 0 Å². The Labute approximate surface area is 100.0 Å². The van der Waals surface area contributed by atoms with Crippen molar-refractivity contribution in [3.05, 3.63) is 0 Å². The molecule has 0 saturated heterocycles. The first-order chi connectivity index (χ1) is 7.70. The predicted molar refractivity (Wildman–Crippen MR) is 59.5 cm³/mol. The minimum Gasteiger partial charge on any atom is -0.479 e. The maximum atomic E-state index is 11.5.